The van der Waals surface area contributed by atoms with Crippen LogP contribution in [0.5, 0.6) is 5.75 Å². The highest BCUT2D eigenvalue weighted by Crippen LogP contribution is 2.21. The molecule has 1 aliphatic heterocycles. The molecule has 1 fully saturated rings. The molecule has 28 heavy (non-hydrogen) atoms. The quantitative estimate of drug-likeness (QED) is 0.591. The fourth-order valence-electron chi connectivity index (χ4n) is 3.33. The Bertz CT molecular complexity index is 826. The van der Waals surface area contributed by atoms with Gasteiger partial charge in [0.15, 0.2) is 17.6 Å². The van der Waals surface area contributed by atoms with E-state index >= 15 is 0 Å². The number of guanidine groups is 1. The second-order valence-corrected chi connectivity index (χ2v) is 6.88. The Labute approximate surface area is 165 Å². The average Bonchev–Trinajstić information content (AvgIpc) is 3.16. The van der Waals surface area contributed by atoms with Crippen molar-refractivity contribution in [2.75, 3.05) is 31.6 Å². The number of nitrogens with one attached hydrogen (secondary N) is 2. The maximum absolute atomic E-state index is 14.0. The summed E-state index contributed by atoms with van der Waals surface area (Å²) >= 11 is 0. The van der Waals surface area contributed by atoms with Crippen LogP contribution in [0, 0.1) is 12.7 Å². The second-order valence-electron chi connectivity index (χ2n) is 6.88. The minimum Gasteiger partial charge on any atom is -0.496 e. The van der Waals surface area contributed by atoms with Gasteiger partial charge in [-0.15, -0.1) is 0 Å². The lowest BCUT2D eigenvalue weighted by atomic mass is 10.1. The summed E-state index contributed by atoms with van der Waals surface area (Å²) in [5.74, 6) is 1.77. The van der Waals surface area contributed by atoms with Gasteiger partial charge in [0.05, 0.1) is 13.7 Å². The average molecular weight is 385 g/mol. The summed E-state index contributed by atoms with van der Waals surface area (Å²) < 4.78 is 19.4. The Morgan fingerprint density at radius 3 is 3.00 bits per heavy atom. The second kappa shape index (κ2) is 9.39. The zero-order valence-corrected chi connectivity index (χ0v) is 16.7. The first-order valence-corrected chi connectivity index (χ1v) is 9.64. The maximum Gasteiger partial charge on any atom is 0.191 e. The van der Waals surface area contributed by atoms with E-state index in [1.165, 1.54) is 6.07 Å². The number of hydrogen-bond acceptors (Lipinski definition) is 4. The Morgan fingerprint density at radius 1 is 1.39 bits per heavy atom. The van der Waals surface area contributed by atoms with Crippen LogP contribution in [0.25, 0.3) is 0 Å². The summed E-state index contributed by atoms with van der Waals surface area (Å²) in [6.45, 7) is 6.84. The van der Waals surface area contributed by atoms with E-state index in [1.807, 2.05) is 30.9 Å². The van der Waals surface area contributed by atoms with Crippen molar-refractivity contribution in [1.82, 2.24) is 15.6 Å². The normalized spacial score (nSPS) is 16.9. The number of aliphatic imine (C=N–C) groups is 1. The maximum atomic E-state index is 14.0. The monoisotopic (exact) mass is 385 g/mol. The van der Waals surface area contributed by atoms with Crippen molar-refractivity contribution in [3.05, 3.63) is 53.5 Å². The van der Waals surface area contributed by atoms with Crippen LogP contribution in [0.3, 0.4) is 0 Å². The van der Waals surface area contributed by atoms with Crippen molar-refractivity contribution in [3.63, 3.8) is 0 Å². The lowest BCUT2D eigenvalue weighted by Gasteiger charge is -2.20. The molecule has 2 aromatic rings. The topological polar surface area (TPSA) is 61.8 Å². The van der Waals surface area contributed by atoms with E-state index in [9.17, 15) is 4.39 Å². The molecular formula is C21H28FN5O. The fourth-order valence-corrected chi connectivity index (χ4v) is 3.33. The zero-order valence-electron chi connectivity index (χ0n) is 16.7. The van der Waals surface area contributed by atoms with Crippen LogP contribution in [0.2, 0.25) is 0 Å². The van der Waals surface area contributed by atoms with Crippen molar-refractivity contribution in [2.24, 2.45) is 4.99 Å². The van der Waals surface area contributed by atoms with E-state index in [4.69, 9.17) is 9.73 Å². The fraction of sp³-hybridized carbons (Fsp3) is 0.429. The van der Waals surface area contributed by atoms with Crippen LogP contribution >= 0.6 is 0 Å². The molecule has 0 amide bonds. The number of anilines is 1. The van der Waals surface area contributed by atoms with Gasteiger partial charge in [-0.25, -0.2) is 14.4 Å². The number of hydrogen-bond donors (Lipinski definition) is 2. The number of methoxy groups -OCH3 is 1. The molecule has 2 heterocycles. The minimum atomic E-state index is -0.281. The minimum absolute atomic E-state index is 0.187. The van der Waals surface area contributed by atoms with Crippen molar-refractivity contribution < 1.29 is 9.13 Å². The van der Waals surface area contributed by atoms with Crippen LogP contribution in [0.1, 0.15) is 24.5 Å². The third-order valence-electron chi connectivity index (χ3n) is 4.80. The number of aromatic nitrogens is 1. The summed E-state index contributed by atoms with van der Waals surface area (Å²) in [7, 11) is 1.68. The van der Waals surface area contributed by atoms with Crippen molar-refractivity contribution in [1.29, 1.82) is 0 Å². The van der Waals surface area contributed by atoms with Gasteiger partial charge in [0.1, 0.15) is 5.75 Å². The number of ether oxygens (including phenoxy) is 1. The number of pyridine rings is 1. The molecule has 150 valence electrons. The molecule has 1 aromatic heterocycles. The first-order chi connectivity index (χ1) is 13.6. The molecule has 7 heteroatoms. The number of benzene rings is 1. The van der Waals surface area contributed by atoms with E-state index < -0.39 is 0 Å². The van der Waals surface area contributed by atoms with E-state index in [-0.39, 0.29) is 11.9 Å². The lowest BCUT2D eigenvalue weighted by Crippen LogP contribution is -2.44. The molecule has 1 unspecified atom stereocenters. The first kappa shape index (κ1) is 19.9. The number of nitrogens with zero attached hydrogens (tertiary/aromatic N) is 3. The van der Waals surface area contributed by atoms with Gasteiger partial charge in [-0.2, -0.15) is 0 Å². The van der Waals surface area contributed by atoms with E-state index in [0.717, 1.165) is 42.3 Å². The standard InChI is InChI=1S/C21H28FN5O/c1-4-23-21(25-13-16-8-7-15(2)19(12-16)28-3)26-17-9-11-27(14-17)20-18(22)6-5-10-24-20/h5-8,10,12,17H,4,9,11,13-14H2,1-3H3,(H2,23,25,26). The smallest absolute Gasteiger partial charge is 0.191 e. The first-order valence-electron chi connectivity index (χ1n) is 9.64. The molecule has 2 N–H and O–H groups in total. The van der Waals surface area contributed by atoms with Gasteiger partial charge in [0.25, 0.3) is 0 Å². The SMILES string of the molecule is CCNC(=NCc1ccc(C)c(OC)c1)NC1CCN(c2ncccc2F)C1. The summed E-state index contributed by atoms with van der Waals surface area (Å²) in [6.07, 6.45) is 2.53. The molecule has 0 spiro atoms. The van der Waals surface area contributed by atoms with E-state index in [2.05, 4.69) is 21.7 Å². The molecule has 0 radical (unpaired) electrons. The molecule has 0 saturated carbocycles. The Balaban J connectivity index is 1.63. The third kappa shape index (κ3) is 4.91. The lowest BCUT2D eigenvalue weighted by molar-refractivity contribution is 0.411. The van der Waals surface area contributed by atoms with Crippen molar-refractivity contribution in [3.8, 4) is 5.75 Å². The van der Waals surface area contributed by atoms with Crippen LogP contribution < -0.4 is 20.3 Å². The Kier molecular flexibility index (Phi) is 6.68. The highest BCUT2D eigenvalue weighted by Gasteiger charge is 2.25. The summed E-state index contributed by atoms with van der Waals surface area (Å²) in [5.41, 5.74) is 2.19. The molecule has 0 aliphatic carbocycles. The van der Waals surface area contributed by atoms with Crippen LogP contribution in [-0.4, -0.2) is 43.7 Å². The van der Waals surface area contributed by atoms with E-state index in [0.29, 0.717) is 18.9 Å². The van der Waals surface area contributed by atoms with Gasteiger partial charge in [0, 0.05) is 31.9 Å². The molecule has 1 aliphatic rings. The molecule has 6 nitrogen and oxygen atoms in total. The van der Waals surface area contributed by atoms with Gasteiger partial charge >= 0.3 is 0 Å². The third-order valence-corrected chi connectivity index (χ3v) is 4.80. The Morgan fingerprint density at radius 2 is 2.25 bits per heavy atom. The number of halogens is 1. The number of rotatable bonds is 6. The highest BCUT2D eigenvalue weighted by atomic mass is 19.1. The van der Waals surface area contributed by atoms with Crippen LogP contribution in [0.15, 0.2) is 41.5 Å². The van der Waals surface area contributed by atoms with Gasteiger partial charge in [-0.3, -0.25) is 0 Å². The van der Waals surface area contributed by atoms with Crippen LogP contribution in [0.4, 0.5) is 10.2 Å². The van der Waals surface area contributed by atoms with Crippen molar-refractivity contribution in [2.45, 2.75) is 32.9 Å². The highest BCUT2D eigenvalue weighted by molar-refractivity contribution is 5.80. The van der Waals surface area contributed by atoms with Gasteiger partial charge < -0.3 is 20.3 Å². The van der Waals surface area contributed by atoms with Gasteiger partial charge in [-0.05, 0) is 49.6 Å². The predicted octanol–water partition coefficient (Wildman–Crippen LogP) is 2.87. The molecule has 3 rings (SSSR count). The molecular weight excluding hydrogens is 357 g/mol. The van der Waals surface area contributed by atoms with E-state index in [1.54, 1.807) is 19.4 Å². The Hall–Kier alpha value is -2.83. The number of aryl methyl sites for hydroxylation is 1. The summed E-state index contributed by atoms with van der Waals surface area (Å²) in [6, 6.07) is 9.37. The van der Waals surface area contributed by atoms with Gasteiger partial charge in [-0.1, -0.05) is 12.1 Å². The summed E-state index contributed by atoms with van der Waals surface area (Å²) in [5, 5.41) is 6.75. The molecule has 1 atom stereocenters. The van der Waals surface area contributed by atoms with Crippen LogP contribution in [-0.2, 0) is 6.54 Å². The largest absolute Gasteiger partial charge is 0.496 e. The van der Waals surface area contributed by atoms with Gasteiger partial charge in [0.2, 0.25) is 0 Å². The molecule has 1 saturated heterocycles. The predicted molar refractivity (Wildman–Crippen MR) is 110 cm³/mol. The zero-order chi connectivity index (χ0) is 19.9. The molecule has 0 bridgehead atoms. The summed E-state index contributed by atoms with van der Waals surface area (Å²) in [4.78, 5) is 10.8. The molecule has 1 aromatic carbocycles. The van der Waals surface area contributed by atoms with Crippen molar-refractivity contribution >= 4 is 11.8 Å².